The first-order chi connectivity index (χ1) is 15.7. The van der Waals surface area contributed by atoms with Crippen molar-refractivity contribution in [1.29, 1.82) is 0 Å². The lowest BCUT2D eigenvalue weighted by molar-refractivity contribution is -0.140. The van der Waals surface area contributed by atoms with Gasteiger partial charge in [0.1, 0.15) is 12.1 Å². The molecular weight excluding hydrogens is 424 g/mol. The maximum Gasteiger partial charge on any atom is 0.325 e. The Labute approximate surface area is 194 Å². The van der Waals surface area contributed by atoms with Gasteiger partial charge in [-0.05, 0) is 49.1 Å². The number of carbonyl (C=O) groups excluding carboxylic acids is 4. The monoisotopic (exact) mass is 458 g/mol. The van der Waals surface area contributed by atoms with Gasteiger partial charge in [-0.25, -0.2) is 4.79 Å². The quantitative estimate of drug-likeness (QED) is 0.683. The van der Waals surface area contributed by atoms with Crippen molar-refractivity contribution in [3.05, 3.63) is 24.2 Å². The van der Waals surface area contributed by atoms with Gasteiger partial charge in [-0.3, -0.25) is 19.3 Å². The van der Waals surface area contributed by atoms with Crippen LogP contribution in [-0.4, -0.2) is 76.7 Å². The van der Waals surface area contributed by atoms with Gasteiger partial charge in [0, 0.05) is 26.2 Å². The largest absolute Gasteiger partial charge is 0.459 e. The van der Waals surface area contributed by atoms with Gasteiger partial charge < -0.3 is 19.5 Å². The third-order valence-electron chi connectivity index (χ3n) is 8.05. The molecule has 1 spiro atoms. The minimum absolute atomic E-state index is 0.204. The standard InChI is InChI=1S/C24H34N4O5/c1-4-23(2,3)17-7-9-24(10-8-17)21(31)28(22(32)25-24)16-19(29)26-11-13-27(14-12-26)20(30)18-6-5-15-33-18/h5-6,15,17H,4,7-14,16H2,1-3H3,(H,25,32). The van der Waals surface area contributed by atoms with Gasteiger partial charge in [-0.15, -0.1) is 0 Å². The fraction of sp³-hybridized carbons (Fsp3) is 0.667. The van der Waals surface area contributed by atoms with E-state index in [1.807, 2.05) is 0 Å². The van der Waals surface area contributed by atoms with Crippen LogP contribution in [0, 0.1) is 11.3 Å². The number of carbonyl (C=O) groups is 4. The van der Waals surface area contributed by atoms with Crippen molar-refractivity contribution in [2.45, 2.75) is 58.4 Å². The summed E-state index contributed by atoms with van der Waals surface area (Å²) in [4.78, 5) is 55.5. The number of nitrogens with one attached hydrogen (secondary N) is 1. The van der Waals surface area contributed by atoms with Crippen LogP contribution in [0.5, 0.6) is 0 Å². The predicted octanol–water partition coefficient (Wildman–Crippen LogP) is 2.48. The number of urea groups is 1. The van der Waals surface area contributed by atoms with Crippen LogP contribution < -0.4 is 5.32 Å². The van der Waals surface area contributed by atoms with Gasteiger partial charge in [0.2, 0.25) is 5.91 Å². The molecule has 2 aliphatic heterocycles. The fourth-order valence-electron chi connectivity index (χ4n) is 5.29. The minimum atomic E-state index is -0.869. The molecular formula is C24H34N4O5. The molecule has 1 N–H and O–H groups in total. The Hall–Kier alpha value is -2.84. The molecule has 3 fully saturated rings. The number of imide groups is 1. The molecule has 0 unspecified atom stereocenters. The van der Waals surface area contributed by atoms with Crippen LogP contribution in [0.15, 0.2) is 22.8 Å². The van der Waals surface area contributed by atoms with E-state index in [4.69, 9.17) is 4.42 Å². The first-order valence-corrected chi connectivity index (χ1v) is 11.9. The molecule has 5 amide bonds. The van der Waals surface area contributed by atoms with Crippen LogP contribution in [0.4, 0.5) is 4.79 Å². The van der Waals surface area contributed by atoms with Crippen molar-refractivity contribution in [2.75, 3.05) is 32.7 Å². The van der Waals surface area contributed by atoms with E-state index in [0.717, 1.165) is 24.2 Å². The minimum Gasteiger partial charge on any atom is -0.459 e. The summed E-state index contributed by atoms with van der Waals surface area (Å²) in [7, 11) is 0. The van der Waals surface area contributed by atoms with Gasteiger partial charge in [0.05, 0.1) is 6.26 Å². The maximum atomic E-state index is 13.2. The van der Waals surface area contributed by atoms with E-state index in [-0.39, 0.29) is 35.4 Å². The van der Waals surface area contributed by atoms with Crippen molar-refractivity contribution in [3.63, 3.8) is 0 Å². The summed E-state index contributed by atoms with van der Waals surface area (Å²) >= 11 is 0. The van der Waals surface area contributed by atoms with E-state index in [1.54, 1.807) is 21.9 Å². The summed E-state index contributed by atoms with van der Waals surface area (Å²) in [6.07, 6.45) is 5.54. The lowest BCUT2D eigenvalue weighted by atomic mass is 9.65. The second kappa shape index (κ2) is 8.83. The van der Waals surface area contributed by atoms with E-state index in [0.29, 0.717) is 44.9 Å². The number of rotatable bonds is 5. The number of hydrogen-bond donors (Lipinski definition) is 1. The molecule has 1 aromatic rings. The molecule has 3 heterocycles. The molecule has 1 saturated carbocycles. The predicted molar refractivity (Wildman–Crippen MR) is 120 cm³/mol. The fourth-order valence-corrected chi connectivity index (χ4v) is 5.29. The zero-order chi connectivity index (χ0) is 23.8. The van der Waals surface area contributed by atoms with Gasteiger partial charge >= 0.3 is 6.03 Å². The molecule has 9 nitrogen and oxygen atoms in total. The Bertz CT molecular complexity index is 909. The van der Waals surface area contributed by atoms with Crippen LogP contribution in [0.2, 0.25) is 0 Å². The molecule has 180 valence electrons. The average Bonchev–Trinajstić information content (AvgIpc) is 3.43. The van der Waals surface area contributed by atoms with Gasteiger partial charge in [-0.2, -0.15) is 0 Å². The lowest BCUT2D eigenvalue weighted by Crippen LogP contribution is -2.54. The first kappa shape index (κ1) is 23.3. The van der Waals surface area contributed by atoms with Crippen LogP contribution in [-0.2, 0) is 9.59 Å². The summed E-state index contributed by atoms with van der Waals surface area (Å²) in [6.45, 7) is 7.92. The molecule has 1 aromatic heterocycles. The molecule has 0 radical (unpaired) electrons. The summed E-state index contributed by atoms with van der Waals surface area (Å²) in [5.74, 6) is 0.0387. The van der Waals surface area contributed by atoms with Crippen LogP contribution in [0.3, 0.4) is 0 Å². The third kappa shape index (κ3) is 4.37. The highest BCUT2D eigenvalue weighted by Gasteiger charge is 2.54. The summed E-state index contributed by atoms with van der Waals surface area (Å²) < 4.78 is 5.16. The topological polar surface area (TPSA) is 103 Å². The number of furan rings is 1. The second-order valence-corrected chi connectivity index (χ2v) is 10.2. The highest BCUT2D eigenvalue weighted by molar-refractivity contribution is 6.09. The zero-order valence-electron chi connectivity index (χ0n) is 19.8. The normalized spacial score (nSPS) is 26.2. The van der Waals surface area contributed by atoms with Gasteiger partial charge in [-0.1, -0.05) is 27.2 Å². The number of piperazine rings is 1. The van der Waals surface area contributed by atoms with E-state index >= 15 is 0 Å². The van der Waals surface area contributed by atoms with E-state index in [9.17, 15) is 19.2 Å². The maximum absolute atomic E-state index is 13.2. The van der Waals surface area contributed by atoms with Crippen molar-refractivity contribution in [3.8, 4) is 0 Å². The summed E-state index contributed by atoms with van der Waals surface area (Å²) in [5, 5.41) is 2.91. The molecule has 2 saturated heterocycles. The van der Waals surface area contributed by atoms with E-state index in [1.165, 1.54) is 6.26 Å². The Morgan fingerprint density at radius 2 is 1.76 bits per heavy atom. The molecule has 3 aliphatic rings. The number of hydrogen-bond acceptors (Lipinski definition) is 5. The van der Waals surface area contributed by atoms with E-state index < -0.39 is 11.6 Å². The Morgan fingerprint density at radius 1 is 1.12 bits per heavy atom. The van der Waals surface area contributed by atoms with Crippen LogP contribution in [0.1, 0.15) is 63.4 Å². The Balaban J connectivity index is 1.31. The smallest absolute Gasteiger partial charge is 0.325 e. The van der Waals surface area contributed by atoms with Gasteiger partial charge in [0.25, 0.3) is 11.8 Å². The Kier molecular flexibility index (Phi) is 6.24. The number of nitrogens with zero attached hydrogens (tertiary/aromatic N) is 3. The zero-order valence-corrected chi connectivity index (χ0v) is 19.8. The average molecular weight is 459 g/mol. The molecule has 0 bridgehead atoms. The summed E-state index contributed by atoms with van der Waals surface area (Å²) in [6, 6.07) is 2.80. The SMILES string of the molecule is CCC(C)(C)C1CCC2(CC1)NC(=O)N(CC(=O)N1CCN(C(=O)c3ccco3)CC1)C2=O. The van der Waals surface area contributed by atoms with Crippen molar-refractivity contribution < 1.29 is 23.6 Å². The van der Waals surface area contributed by atoms with Crippen LogP contribution >= 0.6 is 0 Å². The van der Waals surface area contributed by atoms with Crippen LogP contribution in [0.25, 0.3) is 0 Å². The molecule has 0 atom stereocenters. The van der Waals surface area contributed by atoms with E-state index in [2.05, 4.69) is 26.1 Å². The molecule has 33 heavy (non-hydrogen) atoms. The highest BCUT2D eigenvalue weighted by atomic mass is 16.3. The third-order valence-corrected chi connectivity index (χ3v) is 8.05. The highest BCUT2D eigenvalue weighted by Crippen LogP contribution is 2.45. The van der Waals surface area contributed by atoms with Crippen molar-refractivity contribution in [1.82, 2.24) is 20.0 Å². The Morgan fingerprint density at radius 3 is 2.33 bits per heavy atom. The molecule has 0 aromatic carbocycles. The number of amides is 5. The lowest BCUT2D eigenvalue weighted by Gasteiger charge is -2.42. The summed E-state index contributed by atoms with van der Waals surface area (Å²) in [5.41, 5.74) is -0.658. The molecule has 1 aliphatic carbocycles. The van der Waals surface area contributed by atoms with Crippen molar-refractivity contribution >= 4 is 23.8 Å². The second-order valence-electron chi connectivity index (χ2n) is 10.2. The molecule has 4 rings (SSSR count). The van der Waals surface area contributed by atoms with Gasteiger partial charge in [0.15, 0.2) is 5.76 Å². The molecule has 9 heteroatoms. The van der Waals surface area contributed by atoms with Crippen molar-refractivity contribution in [2.24, 2.45) is 11.3 Å². The first-order valence-electron chi connectivity index (χ1n) is 11.9.